The van der Waals surface area contributed by atoms with Crippen molar-refractivity contribution in [1.29, 1.82) is 0 Å². The van der Waals surface area contributed by atoms with Gasteiger partial charge in [0.1, 0.15) is 6.61 Å². The fourth-order valence-electron chi connectivity index (χ4n) is 0.998. The Bertz CT molecular complexity index is 301. The number of carbonyl (C=O) groups excluding carboxylic acids is 1. The van der Waals surface area contributed by atoms with E-state index in [1.807, 2.05) is 37.3 Å². The first kappa shape index (κ1) is 12.0. The number of halogens is 1. The maximum absolute atomic E-state index is 11.2. The normalized spacial score (nSPS) is 11.9. The molecule has 0 saturated heterocycles. The molecule has 4 heteroatoms. The van der Waals surface area contributed by atoms with Crippen molar-refractivity contribution in [1.82, 2.24) is 5.32 Å². The van der Waals surface area contributed by atoms with Crippen LogP contribution in [0.15, 0.2) is 30.3 Å². The van der Waals surface area contributed by atoms with Crippen LogP contribution in [-0.4, -0.2) is 17.5 Å². The largest absolute Gasteiger partial charge is 0.445 e. The highest BCUT2D eigenvalue weighted by Crippen LogP contribution is 2.00. The van der Waals surface area contributed by atoms with Gasteiger partial charge in [0.2, 0.25) is 0 Å². The lowest BCUT2D eigenvalue weighted by Crippen LogP contribution is -2.28. The summed E-state index contributed by atoms with van der Waals surface area (Å²) in [5.41, 5.74) is 0.986. The molecule has 0 aromatic heterocycles. The summed E-state index contributed by atoms with van der Waals surface area (Å²) in [4.78, 5) is 11.4. The molecule has 1 amide bonds. The van der Waals surface area contributed by atoms with E-state index >= 15 is 0 Å². The van der Waals surface area contributed by atoms with E-state index in [1.165, 1.54) is 0 Å². The molecule has 0 aliphatic heterocycles. The number of benzene rings is 1. The average Bonchev–Trinajstić information content (AvgIpc) is 2.25. The van der Waals surface area contributed by atoms with Gasteiger partial charge < -0.3 is 10.1 Å². The zero-order valence-corrected chi connectivity index (χ0v) is 10.2. The summed E-state index contributed by atoms with van der Waals surface area (Å²) in [6, 6.07) is 9.59. The average molecular weight is 272 g/mol. The van der Waals surface area contributed by atoms with Gasteiger partial charge in [0, 0.05) is 11.4 Å². The van der Waals surface area contributed by atoms with Crippen LogP contribution < -0.4 is 5.32 Å². The van der Waals surface area contributed by atoms with Crippen molar-refractivity contribution in [3.05, 3.63) is 35.9 Å². The van der Waals surface area contributed by atoms with Crippen LogP contribution >= 0.6 is 15.9 Å². The van der Waals surface area contributed by atoms with Crippen LogP contribution in [0.1, 0.15) is 12.5 Å². The molecular weight excluding hydrogens is 258 g/mol. The van der Waals surface area contributed by atoms with Crippen molar-refractivity contribution in [2.75, 3.05) is 6.54 Å². The molecule has 0 radical (unpaired) electrons. The van der Waals surface area contributed by atoms with Crippen molar-refractivity contribution in [2.45, 2.75) is 18.4 Å². The Morgan fingerprint density at radius 2 is 2.13 bits per heavy atom. The van der Waals surface area contributed by atoms with E-state index < -0.39 is 0 Å². The molecule has 1 atom stereocenters. The second-order valence-corrected chi connectivity index (χ2v) is 4.79. The van der Waals surface area contributed by atoms with Crippen LogP contribution in [0.25, 0.3) is 0 Å². The molecule has 0 fully saturated rings. The standard InChI is InChI=1S/C11H14BrNO2/c1-9(12)7-13-11(14)15-8-10-5-3-2-4-6-10/h2-6,9H,7-8H2,1H3,(H,13,14). The number of alkyl carbamates (subject to hydrolysis) is 1. The molecule has 1 rings (SSSR count). The first-order valence-electron chi connectivity index (χ1n) is 4.77. The van der Waals surface area contributed by atoms with Gasteiger partial charge in [-0.25, -0.2) is 4.79 Å². The third-order valence-corrected chi connectivity index (χ3v) is 2.06. The Hall–Kier alpha value is -1.03. The Kier molecular flexibility index (Phi) is 5.18. The smallest absolute Gasteiger partial charge is 0.407 e. The van der Waals surface area contributed by atoms with E-state index in [0.29, 0.717) is 13.2 Å². The monoisotopic (exact) mass is 271 g/mol. The Morgan fingerprint density at radius 3 is 2.73 bits per heavy atom. The molecule has 1 unspecified atom stereocenters. The van der Waals surface area contributed by atoms with Crippen LogP contribution in [0.5, 0.6) is 0 Å². The Labute approximate surface area is 97.9 Å². The van der Waals surface area contributed by atoms with Gasteiger partial charge in [0.25, 0.3) is 0 Å². The van der Waals surface area contributed by atoms with E-state index in [9.17, 15) is 4.79 Å². The minimum absolute atomic E-state index is 0.252. The van der Waals surface area contributed by atoms with E-state index in [1.54, 1.807) is 0 Å². The molecule has 82 valence electrons. The second-order valence-electron chi connectivity index (χ2n) is 3.22. The van der Waals surface area contributed by atoms with Crippen molar-refractivity contribution in [2.24, 2.45) is 0 Å². The van der Waals surface area contributed by atoms with E-state index in [4.69, 9.17) is 4.74 Å². The maximum atomic E-state index is 11.2. The number of nitrogens with one attached hydrogen (secondary N) is 1. The molecule has 1 aromatic rings. The van der Waals surface area contributed by atoms with Crippen LogP contribution in [-0.2, 0) is 11.3 Å². The molecule has 0 spiro atoms. The highest BCUT2D eigenvalue weighted by molar-refractivity contribution is 9.09. The molecule has 15 heavy (non-hydrogen) atoms. The van der Waals surface area contributed by atoms with Crippen LogP contribution in [0.4, 0.5) is 4.79 Å². The number of rotatable bonds is 4. The minimum Gasteiger partial charge on any atom is -0.445 e. The highest BCUT2D eigenvalue weighted by atomic mass is 79.9. The fourth-order valence-corrected chi connectivity index (χ4v) is 1.16. The van der Waals surface area contributed by atoms with Crippen LogP contribution in [0.3, 0.4) is 0 Å². The van der Waals surface area contributed by atoms with Crippen LogP contribution in [0.2, 0.25) is 0 Å². The lowest BCUT2D eigenvalue weighted by molar-refractivity contribution is 0.140. The molecule has 1 aromatic carbocycles. The maximum Gasteiger partial charge on any atom is 0.407 e. The van der Waals surface area contributed by atoms with Gasteiger partial charge in [-0.3, -0.25) is 0 Å². The third kappa shape index (κ3) is 5.42. The van der Waals surface area contributed by atoms with Crippen molar-refractivity contribution in [3.63, 3.8) is 0 Å². The number of amides is 1. The topological polar surface area (TPSA) is 38.3 Å². The van der Waals surface area contributed by atoms with E-state index in [-0.39, 0.29) is 10.9 Å². The third-order valence-electron chi connectivity index (χ3n) is 1.74. The van der Waals surface area contributed by atoms with Gasteiger partial charge in [-0.05, 0) is 5.56 Å². The lowest BCUT2D eigenvalue weighted by Gasteiger charge is -2.07. The van der Waals surface area contributed by atoms with Gasteiger partial charge in [-0.15, -0.1) is 0 Å². The summed E-state index contributed by atoms with van der Waals surface area (Å²) in [5, 5.41) is 2.64. The molecule has 0 aliphatic carbocycles. The quantitative estimate of drug-likeness (QED) is 0.856. The summed E-state index contributed by atoms with van der Waals surface area (Å²) in [5.74, 6) is 0. The van der Waals surface area contributed by atoms with Gasteiger partial charge in [0.15, 0.2) is 0 Å². The number of ether oxygens (including phenoxy) is 1. The summed E-state index contributed by atoms with van der Waals surface area (Å²) < 4.78 is 5.01. The zero-order chi connectivity index (χ0) is 11.1. The van der Waals surface area contributed by atoms with Gasteiger partial charge in [0.05, 0.1) is 0 Å². The van der Waals surface area contributed by atoms with E-state index in [2.05, 4.69) is 21.2 Å². The zero-order valence-electron chi connectivity index (χ0n) is 8.57. The predicted octanol–water partition coefficient (Wildman–Crippen LogP) is 2.70. The number of hydrogen-bond acceptors (Lipinski definition) is 2. The summed E-state index contributed by atoms with van der Waals surface area (Å²) in [6.45, 7) is 2.83. The Morgan fingerprint density at radius 1 is 1.47 bits per heavy atom. The lowest BCUT2D eigenvalue weighted by atomic mass is 10.2. The molecule has 0 saturated carbocycles. The fraction of sp³-hybridized carbons (Fsp3) is 0.364. The second kappa shape index (κ2) is 6.45. The highest BCUT2D eigenvalue weighted by Gasteiger charge is 2.03. The predicted molar refractivity (Wildman–Crippen MR) is 63.0 cm³/mol. The number of carbonyl (C=O) groups is 1. The summed E-state index contributed by atoms with van der Waals surface area (Å²) in [6.07, 6.45) is -0.384. The van der Waals surface area contributed by atoms with Crippen LogP contribution in [0, 0.1) is 0 Å². The first-order chi connectivity index (χ1) is 7.18. The molecule has 3 nitrogen and oxygen atoms in total. The van der Waals surface area contributed by atoms with Gasteiger partial charge >= 0.3 is 6.09 Å². The number of hydrogen-bond donors (Lipinski definition) is 1. The van der Waals surface area contributed by atoms with Gasteiger partial charge in [-0.1, -0.05) is 53.2 Å². The summed E-state index contributed by atoms with van der Waals surface area (Å²) in [7, 11) is 0. The van der Waals surface area contributed by atoms with Gasteiger partial charge in [-0.2, -0.15) is 0 Å². The molecule has 0 bridgehead atoms. The minimum atomic E-state index is -0.384. The van der Waals surface area contributed by atoms with Crippen molar-refractivity contribution < 1.29 is 9.53 Å². The van der Waals surface area contributed by atoms with Crippen molar-refractivity contribution >= 4 is 22.0 Å². The van der Waals surface area contributed by atoms with Crippen molar-refractivity contribution in [3.8, 4) is 0 Å². The molecule has 1 N–H and O–H groups in total. The first-order valence-corrected chi connectivity index (χ1v) is 5.68. The summed E-state index contributed by atoms with van der Waals surface area (Å²) >= 11 is 3.33. The molecular formula is C11H14BrNO2. The number of alkyl halides is 1. The SMILES string of the molecule is CC(Br)CNC(=O)OCc1ccccc1. The molecule has 0 aliphatic rings. The Balaban J connectivity index is 2.23. The van der Waals surface area contributed by atoms with E-state index in [0.717, 1.165) is 5.56 Å². The molecule has 0 heterocycles.